The minimum atomic E-state index is -0.271. The van der Waals surface area contributed by atoms with Gasteiger partial charge in [-0.25, -0.2) is 0 Å². The van der Waals surface area contributed by atoms with Crippen molar-refractivity contribution in [2.75, 3.05) is 23.3 Å². The van der Waals surface area contributed by atoms with Crippen LogP contribution in [0.2, 0.25) is 0 Å². The van der Waals surface area contributed by atoms with Gasteiger partial charge in [0.1, 0.15) is 5.69 Å². The summed E-state index contributed by atoms with van der Waals surface area (Å²) < 4.78 is 0. The summed E-state index contributed by atoms with van der Waals surface area (Å²) in [7, 11) is 0. The van der Waals surface area contributed by atoms with E-state index in [0.717, 1.165) is 44.5 Å². The number of aromatic nitrogens is 2. The molecule has 1 saturated carbocycles. The zero-order chi connectivity index (χ0) is 19.3. The molecule has 0 unspecified atom stereocenters. The number of nitrogens with one attached hydrogen (secondary N) is 2. The van der Waals surface area contributed by atoms with Gasteiger partial charge in [-0.05, 0) is 43.9 Å². The lowest BCUT2D eigenvalue weighted by Crippen LogP contribution is -2.27. The Hall–Kier alpha value is -2.96. The van der Waals surface area contributed by atoms with Crippen molar-refractivity contribution >= 4 is 23.2 Å². The van der Waals surface area contributed by atoms with E-state index in [9.17, 15) is 9.59 Å². The Morgan fingerprint density at radius 2 is 1.79 bits per heavy atom. The fraction of sp³-hybridized carbons (Fsp3) is 0.429. The molecule has 0 atom stereocenters. The third-order valence-corrected chi connectivity index (χ3v) is 5.16. The summed E-state index contributed by atoms with van der Waals surface area (Å²) in [5, 5.41) is 5.86. The molecule has 1 saturated heterocycles. The predicted octanol–water partition coefficient (Wildman–Crippen LogP) is 3.00. The van der Waals surface area contributed by atoms with Gasteiger partial charge in [-0.15, -0.1) is 0 Å². The number of carbonyl (C=O) groups excluding carboxylic acids is 2. The third kappa shape index (κ3) is 4.47. The Bertz CT molecular complexity index is 857. The second kappa shape index (κ2) is 8.37. The molecule has 2 aliphatic rings. The van der Waals surface area contributed by atoms with Crippen molar-refractivity contribution in [3.8, 4) is 0 Å². The van der Waals surface area contributed by atoms with Crippen molar-refractivity contribution in [3.63, 3.8) is 0 Å². The first-order valence-electron chi connectivity index (χ1n) is 9.98. The molecule has 28 heavy (non-hydrogen) atoms. The summed E-state index contributed by atoms with van der Waals surface area (Å²) in [6.07, 6.45) is 11.7. The first-order chi connectivity index (χ1) is 13.7. The van der Waals surface area contributed by atoms with E-state index in [0.29, 0.717) is 11.3 Å². The lowest BCUT2D eigenvalue weighted by atomic mass is 10.2. The van der Waals surface area contributed by atoms with Crippen LogP contribution in [0.4, 0.5) is 11.4 Å². The van der Waals surface area contributed by atoms with E-state index in [1.165, 1.54) is 25.1 Å². The summed E-state index contributed by atoms with van der Waals surface area (Å²) in [5.74, 6) is -0.504. The second-order valence-electron chi connectivity index (χ2n) is 7.43. The van der Waals surface area contributed by atoms with Crippen LogP contribution in [0.15, 0.2) is 36.8 Å². The molecule has 2 amide bonds. The van der Waals surface area contributed by atoms with Crippen LogP contribution in [0.3, 0.4) is 0 Å². The summed E-state index contributed by atoms with van der Waals surface area (Å²) in [6.45, 7) is 1.96. The molecule has 2 aromatic rings. The van der Waals surface area contributed by atoms with Gasteiger partial charge >= 0.3 is 0 Å². The zero-order valence-corrected chi connectivity index (χ0v) is 15.9. The van der Waals surface area contributed by atoms with E-state index < -0.39 is 0 Å². The quantitative estimate of drug-likeness (QED) is 0.834. The van der Waals surface area contributed by atoms with Gasteiger partial charge in [-0.2, -0.15) is 0 Å². The molecule has 146 valence electrons. The second-order valence-corrected chi connectivity index (χ2v) is 7.43. The molecule has 1 aliphatic heterocycles. The number of amides is 2. The number of hydrogen-bond donors (Lipinski definition) is 2. The molecule has 3 heterocycles. The Balaban J connectivity index is 1.50. The van der Waals surface area contributed by atoms with Crippen molar-refractivity contribution in [1.29, 1.82) is 0 Å². The van der Waals surface area contributed by atoms with E-state index >= 15 is 0 Å². The molecule has 1 aliphatic carbocycles. The van der Waals surface area contributed by atoms with Gasteiger partial charge in [0.25, 0.3) is 11.8 Å². The number of carbonyl (C=O) groups is 2. The highest BCUT2D eigenvalue weighted by Crippen LogP contribution is 2.27. The fourth-order valence-electron chi connectivity index (χ4n) is 3.45. The molecule has 0 bridgehead atoms. The summed E-state index contributed by atoms with van der Waals surface area (Å²) in [4.78, 5) is 35.6. The number of nitrogens with zero attached hydrogens (tertiary/aromatic N) is 3. The Kier molecular flexibility index (Phi) is 5.50. The molecule has 2 N–H and O–H groups in total. The molecule has 0 radical (unpaired) electrons. The Labute approximate surface area is 164 Å². The van der Waals surface area contributed by atoms with Gasteiger partial charge in [0.05, 0.1) is 17.6 Å². The molecule has 0 spiro atoms. The van der Waals surface area contributed by atoms with Gasteiger partial charge in [0.15, 0.2) is 0 Å². The first-order valence-corrected chi connectivity index (χ1v) is 9.98. The van der Waals surface area contributed by atoms with E-state index in [2.05, 4.69) is 25.5 Å². The van der Waals surface area contributed by atoms with Crippen molar-refractivity contribution in [1.82, 2.24) is 15.3 Å². The topological polar surface area (TPSA) is 87.2 Å². The number of anilines is 2. The van der Waals surface area contributed by atoms with Crippen LogP contribution in [0.5, 0.6) is 0 Å². The van der Waals surface area contributed by atoms with Crippen molar-refractivity contribution in [2.24, 2.45) is 0 Å². The smallest absolute Gasteiger partial charge is 0.270 e. The minimum absolute atomic E-state index is 0.233. The van der Waals surface area contributed by atoms with E-state index in [1.807, 2.05) is 6.07 Å². The minimum Gasteiger partial charge on any atom is -0.370 e. The van der Waals surface area contributed by atoms with Crippen molar-refractivity contribution in [2.45, 2.75) is 44.6 Å². The highest BCUT2D eigenvalue weighted by atomic mass is 16.2. The highest BCUT2D eigenvalue weighted by Gasteiger charge is 2.24. The Morgan fingerprint density at radius 3 is 2.54 bits per heavy atom. The molecule has 0 aromatic carbocycles. The Morgan fingerprint density at radius 1 is 1.00 bits per heavy atom. The van der Waals surface area contributed by atoms with Crippen LogP contribution in [0, 0.1) is 0 Å². The zero-order valence-electron chi connectivity index (χ0n) is 15.9. The van der Waals surface area contributed by atoms with E-state index in [4.69, 9.17) is 0 Å². The molecule has 2 fully saturated rings. The highest BCUT2D eigenvalue weighted by molar-refractivity contribution is 6.07. The van der Waals surface area contributed by atoms with Crippen LogP contribution in [0.1, 0.15) is 59.4 Å². The summed E-state index contributed by atoms with van der Waals surface area (Å²) in [5.41, 5.74) is 2.35. The predicted molar refractivity (Wildman–Crippen MR) is 108 cm³/mol. The molecular formula is C21H25N5O2. The van der Waals surface area contributed by atoms with Crippen LogP contribution in [0.25, 0.3) is 0 Å². The summed E-state index contributed by atoms with van der Waals surface area (Å²) in [6, 6.07) is 5.35. The van der Waals surface area contributed by atoms with E-state index in [1.54, 1.807) is 18.5 Å². The molecule has 7 heteroatoms. The monoisotopic (exact) mass is 379 g/mol. The molecule has 7 nitrogen and oxygen atoms in total. The van der Waals surface area contributed by atoms with Gasteiger partial charge in [-0.1, -0.05) is 12.8 Å². The average Bonchev–Trinajstić information content (AvgIpc) is 3.55. The fourth-order valence-corrected chi connectivity index (χ4v) is 3.45. The van der Waals surface area contributed by atoms with Gasteiger partial charge < -0.3 is 15.5 Å². The maximum atomic E-state index is 12.8. The molecule has 4 rings (SSSR count). The molecular weight excluding hydrogens is 354 g/mol. The van der Waals surface area contributed by atoms with Crippen molar-refractivity contribution < 1.29 is 9.59 Å². The SMILES string of the molecule is O=C(Nc1cnccc1N1CCCCCC1)c1ccnc(C(=O)NC2CC2)c1. The number of hydrogen-bond acceptors (Lipinski definition) is 5. The normalized spacial score (nSPS) is 16.9. The summed E-state index contributed by atoms with van der Waals surface area (Å²) >= 11 is 0. The van der Waals surface area contributed by atoms with Crippen LogP contribution < -0.4 is 15.5 Å². The van der Waals surface area contributed by atoms with Gasteiger partial charge in [0.2, 0.25) is 0 Å². The lowest BCUT2D eigenvalue weighted by Gasteiger charge is -2.25. The average molecular weight is 379 g/mol. The largest absolute Gasteiger partial charge is 0.370 e. The first kappa shape index (κ1) is 18.4. The maximum Gasteiger partial charge on any atom is 0.270 e. The van der Waals surface area contributed by atoms with Gasteiger partial charge in [-0.3, -0.25) is 19.6 Å². The van der Waals surface area contributed by atoms with E-state index in [-0.39, 0.29) is 23.6 Å². The van der Waals surface area contributed by atoms with Crippen LogP contribution in [-0.2, 0) is 0 Å². The van der Waals surface area contributed by atoms with Crippen LogP contribution >= 0.6 is 0 Å². The standard InChI is InChI=1S/C21H25N5O2/c27-20(15-7-10-23-17(13-15)21(28)24-16-5-6-16)25-18-14-22-9-8-19(18)26-11-3-1-2-4-12-26/h7-10,13-14,16H,1-6,11-12H2,(H,24,28)(H,25,27). The van der Waals surface area contributed by atoms with Gasteiger partial charge in [0, 0.05) is 37.1 Å². The van der Waals surface area contributed by atoms with Crippen molar-refractivity contribution in [3.05, 3.63) is 48.0 Å². The molecule has 2 aromatic heterocycles. The van der Waals surface area contributed by atoms with Crippen LogP contribution in [-0.4, -0.2) is 40.9 Å². The lowest BCUT2D eigenvalue weighted by molar-refractivity contribution is 0.0946. The number of rotatable bonds is 5. The number of pyridine rings is 2. The third-order valence-electron chi connectivity index (χ3n) is 5.16. The maximum absolute atomic E-state index is 12.8.